The van der Waals surface area contributed by atoms with Crippen LogP contribution in [0.5, 0.6) is 0 Å². The van der Waals surface area contributed by atoms with Crippen molar-refractivity contribution in [1.82, 2.24) is 9.62 Å². The van der Waals surface area contributed by atoms with Gasteiger partial charge in [0.25, 0.3) is 0 Å². The standard InChI is InChI=1S/C19H22N2O3S/c1-13-8-9-16(12-15(13)3)25(23,24)21-11-10-20-19(22)18(21)17-7-5-4-6-14(17)2/h4-9,12,18H,10-11H2,1-3H3,(H,20,22). The highest BCUT2D eigenvalue weighted by Gasteiger charge is 2.40. The van der Waals surface area contributed by atoms with Crippen molar-refractivity contribution in [2.45, 2.75) is 31.7 Å². The Labute approximate surface area is 148 Å². The molecule has 5 nitrogen and oxygen atoms in total. The van der Waals surface area contributed by atoms with E-state index in [1.165, 1.54) is 4.31 Å². The van der Waals surface area contributed by atoms with Crippen LogP contribution in [0.3, 0.4) is 0 Å². The van der Waals surface area contributed by atoms with E-state index >= 15 is 0 Å². The molecule has 0 bridgehead atoms. The molecule has 1 heterocycles. The summed E-state index contributed by atoms with van der Waals surface area (Å²) in [5.74, 6) is -0.284. The molecule has 25 heavy (non-hydrogen) atoms. The molecule has 0 aromatic heterocycles. The van der Waals surface area contributed by atoms with E-state index in [0.717, 1.165) is 16.7 Å². The molecule has 1 atom stereocenters. The van der Waals surface area contributed by atoms with E-state index in [0.29, 0.717) is 12.1 Å². The first-order valence-electron chi connectivity index (χ1n) is 8.24. The molecule has 1 aliphatic heterocycles. The number of aryl methyl sites for hydroxylation is 3. The second kappa shape index (κ2) is 6.61. The summed E-state index contributed by atoms with van der Waals surface area (Å²) in [5.41, 5.74) is 3.55. The Hall–Kier alpha value is -2.18. The first kappa shape index (κ1) is 17.6. The van der Waals surface area contributed by atoms with Gasteiger partial charge >= 0.3 is 0 Å². The Morgan fingerprint density at radius 3 is 2.40 bits per heavy atom. The first-order chi connectivity index (χ1) is 11.8. The number of carbonyl (C=O) groups is 1. The van der Waals surface area contributed by atoms with E-state index in [4.69, 9.17) is 0 Å². The zero-order chi connectivity index (χ0) is 18.2. The van der Waals surface area contributed by atoms with Crippen molar-refractivity contribution in [3.63, 3.8) is 0 Å². The van der Waals surface area contributed by atoms with Crippen molar-refractivity contribution in [2.75, 3.05) is 13.1 Å². The summed E-state index contributed by atoms with van der Waals surface area (Å²) in [5, 5.41) is 2.79. The van der Waals surface area contributed by atoms with Gasteiger partial charge in [-0.3, -0.25) is 4.79 Å². The fourth-order valence-electron chi connectivity index (χ4n) is 3.10. The van der Waals surface area contributed by atoms with Gasteiger partial charge in [0.05, 0.1) is 4.90 Å². The number of nitrogens with zero attached hydrogens (tertiary/aromatic N) is 1. The molecule has 132 valence electrons. The Kier molecular flexibility index (Phi) is 4.67. The van der Waals surface area contributed by atoms with Gasteiger partial charge in [-0.15, -0.1) is 0 Å². The quantitative estimate of drug-likeness (QED) is 0.917. The highest BCUT2D eigenvalue weighted by atomic mass is 32.2. The maximum absolute atomic E-state index is 13.2. The van der Waals surface area contributed by atoms with Crippen LogP contribution in [-0.4, -0.2) is 31.7 Å². The van der Waals surface area contributed by atoms with Crippen LogP contribution >= 0.6 is 0 Å². The van der Waals surface area contributed by atoms with E-state index in [1.54, 1.807) is 18.2 Å². The van der Waals surface area contributed by atoms with Gasteiger partial charge in [-0.1, -0.05) is 30.3 Å². The summed E-state index contributed by atoms with van der Waals surface area (Å²) in [4.78, 5) is 12.8. The maximum atomic E-state index is 13.2. The third-order valence-corrected chi connectivity index (χ3v) is 6.60. The number of piperazine rings is 1. The first-order valence-corrected chi connectivity index (χ1v) is 9.68. The van der Waals surface area contributed by atoms with E-state index < -0.39 is 16.1 Å². The van der Waals surface area contributed by atoms with Gasteiger partial charge in [-0.25, -0.2) is 8.42 Å². The number of rotatable bonds is 3. The van der Waals surface area contributed by atoms with E-state index in [1.807, 2.05) is 45.0 Å². The van der Waals surface area contributed by atoms with Crippen LogP contribution in [0.4, 0.5) is 0 Å². The van der Waals surface area contributed by atoms with Crippen molar-refractivity contribution in [2.24, 2.45) is 0 Å². The van der Waals surface area contributed by atoms with Gasteiger partial charge in [-0.05, 0) is 55.2 Å². The molecule has 2 aromatic rings. The molecular weight excluding hydrogens is 336 g/mol. The molecule has 1 unspecified atom stereocenters. The summed E-state index contributed by atoms with van der Waals surface area (Å²) in [6, 6.07) is 11.6. The number of nitrogens with one attached hydrogen (secondary N) is 1. The Balaban J connectivity index is 2.10. The van der Waals surface area contributed by atoms with Gasteiger partial charge in [-0.2, -0.15) is 4.31 Å². The summed E-state index contributed by atoms with van der Waals surface area (Å²) >= 11 is 0. The van der Waals surface area contributed by atoms with Gasteiger partial charge in [0.15, 0.2) is 0 Å². The highest BCUT2D eigenvalue weighted by Crippen LogP contribution is 2.31. The lowest BCUT2D eigenvalue weighted by Crippen LogP contribution is -2.52. The monoisotopic (exact) mass is 358 g/mol. The predicted octanol–water partition coefficient (Wildman–Crippen LogP) is 2.47. The average Bonchev–Trinajstić information content (AvgIpc) is 2.58. The predicted molar refractivity (Wildman–Crippen MR) is 96.7 cm³/mol. The van der Waals surface area contributed by atoms with Crippen LogP contribution in [-0.2, 0) is 14.8 Å². The zero-order valence-electron chi connectivity index (χ0n) is 14.6. The van der Waals surface area contributed by atoms with Crippen LogP contribution in [0.25, 0.3) is 0 Å². The highest BCUT2D eigenvalue weighted by molar-refractivity contribution is 7.89. The van der Waals surface area contributed by atoms with E-state index in [9.17, 15) is 13.2 Å². The summed E-state index contributed by atoms with van der Waals surface area (Å²) in [6.45, 7) is 6.27. The van der Waals surface area contributed by atoms with Crippen LogP contribution in [0.15, 0.2) is 47.4 Å². The minimum atomic E-state index is -3.78. The molecule has 1 fully saturated rings. The molecule has 1 aliphatic rings. The summed E-state index contributed by atoms with van der Waals surface area (Å²) in [7, 11) is -3.78. The molecule has 0 radical (unpaired) electrons. The second-order valence-corrected chi connectivity index (χ2v) is 8.30. The Morgan fingerprint density at radius 1 is 1.00 bits per heavy atom. The molecule has 1 N–H and O–H groups in total. The lowest BCUT2D eigenvalue weighted by atomic mass is 9.99. The molecule has 1 amide bonds. The number of amides is 1. The zero-order valence-corrected chi connectivity index (χ0v) is 15.4. The largest absolute Gasteiger partial charge is 0.353 e. The molecule has 0 aliphatic carbocycles. The molecule has 6 heteroatoms. The number of carbonyl (C=O) groups excluding carboxylic acids is 1. The van der Waals surface area contributed by atoms with Gasteiger partial charge in [0.1, 0.15) is 6.04 Å². The van der Waals surface area contributed by atoms with Crippen LogP contribution < -0.4 is 5.32 Å². The van der Waals surface area contributed by atoms with Crippen LogP contribution in [0.1, 0.15) is 28.3 Å². The minimum Gasteiger partial charge on any atom is -0.353 e. The van der Waals surface area contributed by atoms with Crippen LogP contribution in [0, 0.1) is 20.8 Å². The molecule has 3 rings (SSSR count). The maximum Gasteiger partial charge on any atom is 0.244 e. The lowest BCUT2D eigenvalue weighted by Gasteiger charge is -2.35. The van der Waals surface area contributed by atoms with Gasteiger partial charge in [0.2, 0.25) is 15.9 Å². The topological polar surface area (TPSA) is 66.5 Å². The smallest absolute Gasteiger partial charge is 0.244 e. The number of sulfonamides is 1. The van der Waals surface area contributed by atoms with Crippen molar-refractivity contribution < 1.29 is 13.2 Å². The SMILES string of the molecule is Cc1ccc(S(=O)(=O)N2CCNC(=O)C2c2ccccc2C)cc1C. The fourth-order valence-corrected chi connectivity index (χ4v) is 4.76. The van der Waals surface area contributed by atoms with E-state index in [2.05, 4.69) is 5.32 Å². The van der Waals surface area contributed by atoms with Crippen LogP contribution in [0.2, 0.25) is 0 Å². The molecular formula is C19H22N2O3S. The number of benzene rings is 2. The Morgan fingerprint density at radius 2 is 1.72 bits per heavy atom. The van der Waals surface area contributed by atoms with Crippen molar-refractivity contribution in [3.8, 4) is 0 Å². The minimum absolute atomic E-state index is 0.226. The van der Waals surface area contributed by atoms with Crippen molar-refractivity contribution in [1.29, 1.82) is 0 Å². The summed E-state index contributed by atoms with van der Waals surface area (Å²) in [6.07, 6.45) is 0. The Bertz CT molecular complexity index is 922. The molecule has 0 saturated carbocycles. The average molecular weight is 358 g/mol. The molecule has 2 aromatic carbocycles. The fraction of sp³-hybridized carbons (Fsp3) is 0.316. The lowest BCUT2D eigenvalue weighted by molar-refractivity contribution is -0.126. The summed E-state index contributed by atoms with van der Waals surface area (Å²) < 4.78 is 27.8. The van der Waals surface area contributed by atoms with Crippen molar-refractivity contribution in [3.05, 3.63) is 64.7 Å². The van der Waals surface area contributed by atoms with Crippen molar-refractivity contribution >= 4 is 15.9 Å². The van der Waals surface area contributed by atoms with Gasteiger partial charge < -0.3 is 5.32 Å². The van der Waals surface area contributed by atoms with Gasteiger partial charge in [0, 0.05) is 13.1 Å². The number of hydrogen-bond acceptors (Lipinski definition) is 3. The van der Waals surface area contributed by atoms with E-state index in [-0.39, 0.29) is 17.3 Å². The molecule has 1 saturated heterocycles. The second-order valence-electron chi connectivity index (χ2n) is 6.41. The third kappa shape index (κ3) is 3.19. The number of hydrogen-bond donors (Lipinski definition) is 1. The third-order valence-electron chi connectivity index (χ3n) is 4.74. The molecule has 0 spiro atoms. The normalized spacial score (nSPS) is 18.8.